The first-order chi connectivity index (χ1) is 10.2. The number of benzene rings is 1. The maximum atomic E-state index is 4.68. The minimum Gasteiger partial charge on any atom is -0.339 e. The first-order valence-corrected chi connectivity index (χ1v) is 7.59. The van der Waals surface area contributed by atoms with Crippen molar-refractivity contribution in [2.24, 2.45) is 0 Å². The number of aryl methyl sites for hydroxylation is 2. The molecule has 0 bridgehead atoms. The van der Waals surface area contributed by atoms with E-state index in [1.165, 1.54) is 11.1 Å². The molecule has 0 unspecified atom stereocenters. The number of rotatable bonds is 3. The lowest BCUT2D eigenvalue weighted by Gasteiger charge is -2.30. The molecule has 0 aliphatic carbocycles. The van der Waals surface area contributed by atoms with E-state index in [4.69, 9.17) is 0 Å². The highest BCUT2D eigenvalue weighted by molar-refractivity contribution is 5.58. The third-order valence-corrected chi connectivity index (χ3v) is 4.15. The molecule has 3 rings (SSSR count). The summed E-state index contributed by atoms with van der Waals surface area (Å²) in [5, 5.41) is 10.8. The van der Waals surface area contributed by atoms with Gasteiger partial charge in [0, 0.05) is 24.7 Å². The zero-order valence-electron chi connectivity index (χ0n) is 13.0. The fourth-order valence-corrected chi connectivity index (χ4v) is 3.00. The van der Waals surface area contributed by atoms with Crippen LogP contribution >= 0.6 is 0 Å². The number of nitrogens with zero attached hydrogens (tertiary/aromatic N) is 3. The smallest absolute Gasteiger partial charge is 0.245 e. The van der Waals surface area contributed by atoms with Crippen LogP contribution in [0.1, 0.15) is 24.0 Å². The zero-order valence-corrected chi connectivity index (χ0v) is 13.0. The summed E-state index contributed by atoms with van der Waals surface area (Å²) in [5.41, 5.74) is 3.60. The second-order valence-electron chi connectivity index (χ2n) is 5.91. The predicted molar refractivity (Wildman–Crippen MR) is 85.6 cm³/mol. The molecule has 1 fully saturated rings. The molecule has 5 heteroatoms. The van der Waals surface area contributed by atoms with Gasteiger partial charge in [-0.2, -0.15) is 4.98 Å². The van der Waals surface area contributed by atoms with E-state index in [1.807, 2.05) is 7.05 Å². The van der Waals surface area contributed by atoms with Crippen LogP contribution in [0, 0.1) is 13.8 Å². The quantitative estimate of drug-likeness (QED) is 0.908. The van der Waals surface area contributed by atoms with Gasteiger partial charge in [-0.05, 0) is 45.9 Å². The highest BCUT2D eigenvalue weighted by Gasteiger charge is 2.20. The van der Waals surface area contributed by atoms with Crippen molar-refractivity contribution in [3.8, 4) is 11.4 Å². The van der Waals surface area contributed by atoms with Crippen molar-refractivity contribution in [3.05, 3.63) is 29.3 Å². The van der Waals surface area contributed by atoms with E-state index < -0.39 is 0 Å². The zero-order chi connectivity index (χ0) is 14.8. The topological polar surface area (TPSA) is 56.8 Å². The monoisotopic (exact) mass is 285 g/mol. The molecule has 2 N–H and O–H groups in total. The minimum atomic E-state index is 0.624. The molecule has 1 aromatic heterocycles. The van der Waals surface area contributed by atoms with Gasteiger partial charge >= 0.3 is 0 Å². The summed E-state index contributed by atoms with van der Waals surface area (Å²) in [5.74, 6) is 1.67. The molecule has 2 heterocycles. The molecule has 0 amide bonds. The SMILES string of the molecule is CNC1CCN(c2n[nH]c(-c3cc(C)cc(C)c3)n2)CC1. The van der Waals surface area contributed by atoms with Crippen LogP contribution in [-0.2, 0) is 0 Å². The van der Waals surface area contributed by atoms with Crippen LogP contribution < -0.4 is 10.2 Å². The van der Waals surface area contributed by atoms with Gasteiger partial charge in [0.15, 0.2) is 5.82 Å². The summed E-state index contributed by atoms with van der Waals surface area (Å²) in [7, 11) is 2.03. The van der Waals surface area contributed by atoms with E-state index in [0.717, 1.165) is 43.3 Å². The fraction of sp³-hybridized carbons (Fsp3) is 0.500. The largest absolute Gasteiger partial charge is 0.339 e. The van der Waals surface area contributed by atoms with Crippen molar-refractivity contribution in [2.75, 3.05) is 25.0 Å². The van der Waals surface area contributed by atoms with E-state index in [2.05, 4.69) is 57.4 Å². The van der Waals surface area contributed by atoms with E-state index in [9.17, 15) is 0 Å². The van der Waals surface area contributed by atoms with Crippen molar-refractivity contribution in [3.63, 3.8) is 0 Å². The maximum Gasteiger partial charge on any atom is 0.245 e. The highest BCUT2D eigenvalue weighted by Crippen LogP contribution is 2.22. The molecular formula is C16H23N5. The number of aromatic amines is 1. The first-order valence-electron chi connectivity index (χ1n) is 7.59. The molecule has 5 nitrogen and oxygen atoms in total. The van der Waals surface area contributed by atoms with Gasteiger partial charge in [0.2, 0.25) is 5.95 Å². The minimum absolute atomic E-state index is 0.624. The van der Waals surface area contributed by atoms with Crippen molar-refractivity contribution in [1.29, 1.82) is 0 Å². The molecule has 1 aliphatic heterocycles. The number of H-pyrrole nitrogens is 1. The molecule has 1 aliphatic rings. The predicted octanol–water partition coefficient (Wildman–Crippen LogP) is 2.28. The van der Waals surface area contributed by atoms with Gasteiger partial charge in [-0.1, -0.05) is 17.2 Å². The number of nitrogens with one attached hydrogen (secondary N) is 2. The van der Waals surface area contributed by atoms with Gasteiger partial charge in [0.25, 0.3) is 0 Å². The maximum absolute atomic E-state index is 4.68. The third-order valence-electron chi connectivity index (χ3n) is 4.15. The first kappa shape index (κ1) is 14.1. The van der Waals surface area contributed by atoms with Gasteiger partial charge in [-0.15, -0.1) is 5.10 Å². The van der Waals surface area contributed by atoms with Crippen LogP contribution in [0.15, 0.2) is 18.2 Å². The summed E-state index contributed by atoms with van der Waals surface area (Å²) in [6.07, 6.45) is 2.29. The van der Waals surface area contributed by atoms with Gasteiger partial charge in [0.05, 0.1) is 0 Å². The Hall–Kier alpha value is -1.88. The lowest BCUT2D eigenvalue weighted by atomic mass is 10.1. The Morgan fingerprint density at radius 1 is 1.14 bits per heavy atom. The van der Waals surface area contributed by atoms with Gasteiger partial charge in [-0.25, -0.2) is 0 Å². The number of anilines is 1. The Morgan fingerprint density at radius 2 is 1.81 bits per heavy atom. The van der Waals surface area contributed by atoms with Crippen LogP contribution in [0.5, 0.6) is 0 Å². The Bertz CT molecular complexity index is 591. The Morgan fingerprint density at radius 3 is 2.43 bits per heavy atom. The summed E-state index contributed by atoms with van der Waals surface area (Å²) < 4.78 is 0. The van der Waals surface area contributed by atoms with E-state index in [-0.39, 0.29) is 0 Å². The van der Waals surface area contributed by atoms with Crippen LogP contribution in [-0.4, -0.2) is 41.4 Å². The number of aromatic nitrogens is 3. The van der Waals surface area contributed by atoms with E-state index in [1.54, 1.807) is 0 Å². The van der Waals surface area contributed by atoms with E-state index >= 15 is 0 Å². The second kappa shape index (κ2) is 5.85. The summed E-state index contributed by atoms with van der Waals surface area (Å²) in [6.45, 7) is 6.23. The van der Waals surface area contributed by atoms with Crippen LogP contribution in [0.3, 0.4) is 0 Å². The molecule has 0 saturated carbocycles. The third kappa shape index (κ3) is 3.08. The van der Waals surface area contributed by atoms with Crippen LogP contribution in [0.25, 0.3) is 11.4 Å². The average Bonchev–Trinajstić information content (AvgIpc) is 2.96. The van der Waals surface area contributed by atoms with Crippen LogP contribution in [0.4, 0.5) is 5.95 Å². The van der Waals surface area contributed by atoms with Gasteiger partial charge in [0.1, 0.15) is 0 Å². The van der Waals surface area contributed by atoms with Crippen molar-refractivity contribution in [1.82, 2.24) is 20.5 Å². The van der Waals surface area contributed by atoms with Crippen LogP contribution in [0.2, 0.25) is 0 Å². The van der Waals surface area contributed by atoms with Crippen molar-refractivity contribution >= 4 is 5.95 Å². The summed E-state index contributed by atoms with van der Waals surface area (Å²) >= 11 is 0. The molecule has 1 saturated heterocycles. The Kier molecular flexibility index (Phi) is 3.92. The Labute approximate surface area is 125 Å². The second-order valence-corrected chi connectivity index (χ2v) is 5.91. The molecule has 0 spiro atoms. The lowest BCUT2D eigenvalue weighted by Crippen LogP contribution is -2.41. The number of piperidine rings is 1. The van der Waals surface area contributed by atoms with Crippen molar-refractivity contribution in [2.45, 2.75) is 32.7 Å². The standard InChI is InChI=1S/C16H23N5/c1-11-8-12(2)10-13(9-11)15-18-16(20-19-15)21-6-4-14(17-3)5-7-21/h8-10,14,17H,4-7H2,1-3H3,(H,18,19,20). The molecular weight excluding hydrogens is 262 g/mol. The van der Waals surface area contributed by atoms with E-state index in [0.29, 0.717) is 6.04 Å². The highest BCUT2D eigenvalue weighted by atomic mass is 15.4. The lowest BCUT2D eigenvalue weighted by molar-refractivity contribution is 0.439. The van der Waals surface area contributed by atoms with Gasteiger partial charge in [-0.3, -0.25) is 5.10 Å². The average molecular weight is 285 g/mol. The molecule has 1 aromatic carbocycles. The molecule has 21 heavy (non-hydrogen) atoms. The summed E-state index contributed by atoms with van der Waals surface area (Å²) in [4.78, 5) is 6.94. The molecule has 2 aromatic rings. The normalized spacial score (nSPS) is 16.4. The molecule has 0 radical (unpaired) electrons. The number of hydrogen-bond acceptors (Lipinski definition) is 4. The summed E-state index contributed by atoms with van der Waals surface area (Å²) in [6, 6.07) is 7.08. The number of hydrogen-bond donors (Lipinski definition) is 2. The molecule has 0 atom stereocenters. The fourth-order valence-electron chi connectivity index (χ4n) is 3.00. The Balaban J connectivity index is 1.77. The molecule has 112 valence electrons. The van der Waals surface area contributed by atoms with Crippen molar-refractivity contribution < 1.29 is 0 Å². The van der Waals surface area contributed by atoms with Gasteiger partial charge < -0.3 is 10.2 Å².